The fraction of sp³-hybridized carbons (Fsp3) is 0.692. The van der Waals surface area contributed by atoms with Gasteiger partial charge in [0.25, 0.3) is 0 Å². The zero-order valence-corrected chi connectivity index (χ0v) is 11.7. The molecular weight excluding hydrogens is 250 g/mol. The minimum Gasteiger partial charge on any atom is -0.373 e. The van der Waals surface area contributed by atoms with Gasteiger partial charge in [-0.2, -0.15) is 0 Å². The number of anilines is 1. The van der Waals surface area contributed by atoms with E-state index >= 15 is 0 Å². The Labute approximate surface area is 113 Å². The zero-order chi connectivity index (χ0) is 13.0. The summed E-state index contributed by atoms with van der Waals surface area (Å²) in [5, 5.41) is 0. The Morgan fingerprint density at radius 3 is 3.06 bits per heavy atom. The highest BCUT2D eigenvalue weighted by Crippen LogP contribution is 2.20. The minimum atomic E-state index is 0.0902. The van der Waals surface area contributed by atoms with Crippen LogP contribution in [0.2, 0.25) is 0 Å². The summed E-state index contributed by atoms with van der Waals surface area (Å²) >= 11 is 5.88. The lowest BCUT2D eigenvalue weighted by Gasteiger charge is -2.38. The van der Waals surface area contributed by atoms with E-state index < -0.39 is 0 Å². The number of aromatic nitrogens is 2. The SMILES string of the molecule is CCCc1cc(N2CC(CCl)OCC2C)ncn1. The Bertz CT molecular complexity index is 388. The van der Waals surface area contributed by atoms with Gasteiger partial charge in [0.2, 0.25) is 0 Å². The van der Waals surface area contributed by atoms with Crippen LogP contribution in [0.3, 0.4) is 0 Å². The molecule has 4 nitrogen and oxygen atoms in total. The lowest BCUT2D eigenvalue weighted by atomic mass is 10.2. The number of halogens is 1. The third kappa shape index (κ3) is 3.12. The van der Waals surface area contributed by atoms with Crippen LogP contribution in [0.4, 0.5) is 5.82 Å². The van der Waals surface area contributed by atoms with Crippen molar-refractivity contribution in [3.8, 4) is 0 Å². The van der Waals surface area contributed by atoms with Crippen molar-refractivity contribution in [2.45, 2.75) is 38.8 Å². The number of hydrogen-bond donors (Lipinski definition) is 0. The number of hydrogen-bond acceptors (Lipinski definition) is 4. The molecule has 2 atom stereocenters. The summed E-state index contributed by atoms with van der Waals surface area (Å²) in [7, 11) is 0. The van der Waals surface area contributed by atoms with Crippen molar-refractivity contribution in [2.24, 2.45) is 0 Å². The molecule has 2 rings (SSSR count). The molecule has 1 aromatic heterocycles. The van der Waals surface area contributed by atoms with Gasteiger partial charge >= 0.3 is 0 Å². The molecule has 0 N–H and O–H groups in total. The van der Waals surface area contributed by atoms with Gasteiger partial charge in [-0.15, -0.1) is 11.6 Å². The Hall–Kier alpha value is -0.870. The van der Waals surface area contributed by atoms with Crippen molar-refractivity contribution in [2.75, 3.05) is 23.9 Å². The van der Waals surface area contributed by atoms with E-state index in [4.69, 9.17) is 16.3 Å². The number of nitrogens with zero attached hydrogens (tertiary/aromatic N) is 3. The summed E-state index contributed by atoms with van der Waals surface area (Å²) in [5.74, 6) is 1.51. The van der Waals surface area contributed by atoms with Crippen LogP contribution in [0.1, 0.15) is 26.0 Å². The third-order valence-corrected chi connectivity index (χ3v) is 3.53. The Kier molecular flexibility index (Phi) is 4.78. The fourth-order valence-corrected chi connectivity index (χ4v) is 2.35. The predicted molar refractivity (Wildman–Crippen MR) is 73.3 cm³/mol. The first-order valence-corrected chi connectivity index (χ1v) is 7.03. The van der Waals surface area contributed by atoms with Gasteiger partial charge in [-0.3, -0.25) is 0 Å². The van der Waals surface area contributed by atoms with E-state index in [9.17, 15) is 0 Å². The highest BCUT2D eigenvalue weighted by molar-refractivity contribution is 6.18. The maximum absolute atomic E-state index is 5.88. The normalized spacial score (nSPS) is 24.3. The van der Waals surface area contributed by atoms with Gasteiger partial charge in [-0.25, -0.2) is 9.97 Å². The molecule has 1 aromatic rings. The first-order valence-electron chi connectivity index (χ1n) is 6.49. The average Bonchev–Trinajstić information content (AvgIpc) is 2.40. The second-order valence-electron chi connectivity index (χ2n) is 4.73. The minimum absolute atomic E-state index is 0.0902. The quantitative estimate of drug-likeness (QED) is 0.786. The highest BCUT2D eigenvalue weighted by Gasteiger charge is 2.26. The summed E-state index contributed by atoms with van der Waals surface area (Å²) in [4.78, 5) is 10.9. The largest absolute Gasteiger partial charge is 0.373 e. The van der Waals surface area contributed by atoms with E-state index in [1.807, 2.05) is 0 Å². The molecule has 0 aliphatic carbocycles. The molecular formula is C13H20ClN3O. The molecule has 0 saturated carbocycles. The molecule has 0 bridgehead atoms. The maximum Gasteiger partial charge on any atom is 0.132 e. The highest BCUT2D eigenvalue weighted by atomic mass is 35.5. The molecule has 2 unspecified atom stereocenters. The Balaban J connectivity index is 2.15. The summed E-state index contributed by atoms with van der Waals surface area (Å²) in [5.41, 5.74) is 1.10. The standard InChI is InChI=1S/C13H20ClN3O/c1-3-4-11-5-13(16-9-15-11)17-7-12(6-14)18-8-10(17)2/h5,9-10,12H,3-4,6-8H2,1-2H3. The second-order valence-corrected chi connectivity index (χ2v) is 5.04. The van der Waals surface area contributed by atoms with Crippen molar-refractivity contribution in [1.82, 2.24) is 9.97 Å². The first-order chi connectivity index (χ1) is 8.74. The number of ether oxygens (including phenoxy) is 1. The smallest absolute Gasteiger partial charge is 0.132 e. The molecule has 2 heterocycles. The predicted octanol–water partition coefficient (Wildman–Crippen LogP) is 2.26. The third-order valence-electron chi connectivity index (χ3n) is 3.19. The van der Waals surface area contributed by atoms with Gasteiger partial charge in [0, 0.05) is 18.3 Å². The van der Waals surface area contributed by atoms with E-state index in [0.29, 0.717) is 18.5 Å². The van der Waals surface area contributed by atoms with Crippen LogP contribution in [0, 0.1) is 0 Å². The van der Waals surface area contributed by atoms with Crippen LogP contribution in [-0.2, 0) is 11.2 Å². The van der Waals surface area contributed by atoms with Crippen LogP contribution in [0.15, 0.2) is 12.4 Å². The molecule has 1 aliphatic rings. The van der Waals surface area contributed by atoms with Gasteiger partial charge in [0.15, 0.2) is 0 Å². The van der Waals surface area contributed by atoms with Crippen LogP contribution in [0.5, 0.6) is 0 Å². The number of aryl methyl sites for hydroxylation is 1. The van der Waals surface area contributed by atoms with Gasteiger partial charge in [0.05, 0.1) is 24.6 Å². The molecule has 0 amide bonds. The lowest BCUT2D eigenvalue weighted by molar-refractivity contribution is 0.0361. The van der Waals surface area contributed by atoms with Gasteiger partial charge in [-0.1, -0.05) is 13.3 Å². The molecule has 18 heavy (non-hydrogen) atoms. The number of alkyl halides is 1. The van der Waals surface area contributed by atoms with Crippen molar-refractivity contribution in [3.05, 3.63) is 18.1 Å². The van der Waals surface area contributed by atoms with Crippen LogP contribution in [-0.4, -0.2) is 41.1 Å². The van der Waals surface area contributed by atoms with E-state index in [-0.39, 0.29) is 6.10 Å². The Morgan fingerprint density at radius 1 is 1.50 bits per heavy atom. The summed E-state index contributed by atoms with van der Waals surface area (Å²) in [6, 6.07) is 2.41. The molecule has 1 fully saturated rings. The van der Waals surface area contributed by atoms with Crippen molar-refractivity contribution in [1.29, 1.82) is 0 Å². The molecule has 1 saturated heterocycles. The summed E-state index contributed by atoms with van der Waals surface area (Å²) < 4.78 is 5.65. The zero-order valence-electron chi connectivity index (χ0n) is 11.0. The van der Waals surface area contributed by atoms with Crippen molar-refractivity contribution in [3.63, 3.8) is 0 Å². The molecule has 1 aliphatic heterocycles. The fourth-order valence-electron chi connectivity index (χ4n) is 2.17. The molecule has 100 valence electrons. The van der Waals surface area contributed by atoms with Gasteiger partial charge in [0.1, 0.15) is 12.1 Å². The number of rotatable bonds is 4. The van der Waals surface area contributed by atoms with Crippen LogP contribution < -0.4 is 4.90 Å². The molecule has 5 heteroatoms. The number of morpholine rings is 1. The van der Waals surface area contributed by atoms with Crippen molar-refractivity contribution < 1.29 is 4.74 Å². The molecule has 0 radical (unpaired) electrons. The topological polar surface area (TPSA) is 38.2 Å². The van der Waals surface area contributed by atoms with E-state index in [0.717, 1.165) is 30.9 Å². The van der Waals surface area contributed by atoms with Gasteiger partial charge in [-0.05, 0) is 13.3 Å². The van der Waals surface area contributed by atoms with Gasteiger partial charge < -0.3 is 9.64 Å². The summed E-state index contributed by atoms with van der Waals surface area (Å²) in [6.45, 7) is 5.80. The molecule has 0 spiro atoms. The van der Waals surface area contributed by atoms with E-state index in [1.54, 1.807) is 6.33 Å². The lowest BCUT2D eigenvalue weighted by Crippen LogP contribution is -2.49. The average molecular weight is 270 g/mol. The van der Waals surface area contributed by atoms with Crippen molar-refractivity contribution >= 4 is 17.4 Å². The first kappa shape index (κ1) is 13.6. The Morgan fingerprint density at radius 2 is 2.33 bits per heavy atom. The molecule has 0 aromatic carbocycles. The second kappa shape index (κ2) is 6.34. The maximum atomic E-state index is 5.88. The van der Waals surface area contributed by atoms with E-state index in [2.05, 4.69) is 34.8 Å². The van der Waals surface area contributed by atoms with E-state index in [1.165, 1.54) is 0 Å². The van der Waals surface area contributed by atoms with Crippen LogP contribution in [0.25, 0.3) is 0 Å². The van der Waals surface area contributed by atoms with Crippen LogP contribution >= 0.6 is 11.6 Å². The monoisotopic (exact) mass is 269 g/mol. The summed E-state index contributed by atoms with van der Waals surface area (Å²) in [6.07, 6.45) is 3.83.